The summed E-state index contributed by atoms with van der Waals surface area (Å²) in [6, 6.07) is 30.3. The first-order valence-corrected chi connectivity index (χ1v) is 13.4. The summed E-state index contributed by atoms with van der Waals surface area (Å²) in [6.07, 6.45) is 5.86. The van der Waals surface area contributed by atoms with Crippen LogP contribution in [0.4, 0.5) is 11.4 Å². The van der Waals surface area contributed by atoms with Crippen LogP contribution in [0, 0.1) is 0 Å². The van der Waals surface area contributed by atoms with E-state index in [-0.39, 0.29) is 11.7 Å². The zero-order valence-electron chi connectivity index (χ0n) is 21.7. The van der Waals surface area contributed by atoms with Crippen molar-refractivity contribution in [1.29, 1.82) is 0 Å². The molecule has 3 aromatic carbocycles. The number of hydrogen-bond donors (Lipinski definition) is 1. The van der Waals surface area contributed by atoms with Gasteiger partial charge in [-0.15, -0.1) is 0 Å². The minimum atomic E-state index is -0.00192. The maximum absolute atomic E-state index is 13.4. The van der Waals surface area contributed by atoms with Gasteiger partial charge < -0.3 is 10.2 Å². The van der Waals surface area contributed by atoms with Crippen LogP contribution in [0.2, 0.25) is 0 Å². The van der Waals surface area contributed by atoms with Gasteiger partial charge in [0.1, 0.15) is 5.78 Å². The van der Waals surface area contributed by atoms with Gasteiger partial charge >= 0.3 is 0 Å². The predicted molar refractivity (Wildman–Crippen MR) is 153 cm³/mol. The van der Waals surface area contributed by atoms with Crippen molar-refractivity contribution in [2.24, 2.45) is 0 Å². The number of benzene rings is 3. The number of aromatic nitrogens is 2. The van der Waals surface area contributed by atoms with E-state index >= 15 is 0 Å². The Hall–Kier alpha value is -4.71. The van der Waals surface area contributed by atoms with Gasteiger partial charge in [0.2, 0.25) is 0 Å². The highest BCUT2D eigenvalue weighted by Crippen LogP contribution is 2.23. The average Bonchev–Trinajstić information content (AvgIpc) is 3.40. The second-order valence-electron chi connectivity index (χ2n) is 10.1. The van der Waals surface area contributed by atoms with Crippen LogP contribution in [-0.2, 0) is 30.6 Å². The number of ketones is 1. The van der Waals surface area contributed by atoms with Crippen molar-refractivity contribution in [3.05, 3.63) is 131 Å². The van der Waals surface area contributed by atoms with Crippen molar-refractivity contribution in [2.75, 3.05) is 11.9 Å². The second kappa shape index (κ2) is 11.0. The second-order valence-corrected chi connectivity index (χ2v) is 10.1. The van der Waals surface area contributed by atoms with E-state index < -0.39 is 0 Å². The van der Waals surface area contributed by atoms with Crippen molar-refractivity contribution in [2.45, 2.75) is 32.2 Å². The molecule has 0 saturated heterocycles. The smallest absolute Gasteiger partial charge is 0.258 e. The molecule has 1 N–H and O–H groups in total. The third kappa shape index (κ3) is 5.60. The minimum Gasteiger partial charge on any atom is -0.356 e. The number of aryl methyl sites for hydroxylation is 1. The SMILES string of the molecule is O=C(CCc1ccn2ncc(C(=O)N3CCc4ccccc4C3)c2c1)Cc1ccc(Nc2ccccc2)cc1. The molecule has 3 heterocycles. The Balaban J connectivity index is 1.07. The summed E-state index contributed by atoms with van der Waals surface area (Å²) in [6.45, 7) is 1.31. The Morgan fingerprint density at radius 2 is 1.56 bits per heavy atom. The molecule has 6 nitrogen and oxygen atoms in total. The molecule has 1 aliphatic heterocycles. The Bertz CT molecular complexity index is 1620. The Morgan fingerprint density at radius 1 is 0.821 bits per heavy atom. The van der Waals surface area contributed by atoms with E-state index in [1.165, 1.54) is 11.1 Å². The van der Waals surface area contributed by atoms with Crippen LogP contribution in [-0.4, -0.2) is 32.7 Å². The highest BCUT2D eigenvalue weighted by Gasteiger charge is 2.24. The quantitative estimate of drug-likeness (QED) is 0.275. The van der Waals surface area contributed by atoms with Crippen LogP contribution >= 0.6 is 0 Å². The number of anilines is 2. The molecule has 5 aromatic rings. The van der Waals surface area contributed by atoms with Crippen LogP contribution < -0.4 is 5.32 Å². The monoisotopic (exact) mass is 514 g/mol. The normalized spacial score (nSPS) is 12.8. The molecule has 0 fully saturated rings. The summed E-state index contributed by atoms with van der Waals surface area (Å²) >= 11 is 0. The first-order valence-electron chi connectivity index (χ1n) is 13.4. The van der Waals surface area contributed by atoms with Crippen LogP contribution in [0.3, 0.4) is 0 Å². The largest absolute Gasteiger partial charge is 0.356 e. The number of rotatable bonds is 8. The third-order valence-corrected chi connectivity index (χ3v) is 7.34. The number of hydrogen-bond acceptors (Lipinski definition) is 4. The summed E-state index contributed by atoms with van der Waals surface area (Å²) in [5.41, 5.74) is 7.95. The van der Waals surface area contributed by atoms with Gasteiger partial charge in [0.15, 0.2) is 0 Å². The molecule has 2 aromatic heterocycles. The third-order valence-electron chi connectivity index (χ3n) is 7.34. The Kier molecular flexibility index (Phi) is 6.91. The minimum absolute atomic E-state index is 0.00192. The van der Waals surface area contributed by atoms with Crippen molar-refractivity contribution in [3.63, 3.8) is 0 Å². The van der Waals surface area contributed by atoms with Gasteiger partial charge in [-0.2, -0.15) is 5.10 Å². The van der Waals surface area contributed by atoms with E-state index in [1.807, 2.05) is 90.0 Å². The van der Waals surface area contributed by atoms with Gasteiger partial charge in [0.05, 0.1) is 17.3 Å². The van der Waals surface area contributed by atoms with E-state index in [1.54, 1.807) is 10.7 Å². The number of fused-ring (bicyclic) bond motifs is 2. The molecule has 0 bridgehead atoms. The lowest BCUT2D eigenvalue weighted by molar-refractivity contribution is -0.118. The molecule has 194 valence electrons. The van der Waals surface area contributed by atoms with Gasteiger partial charge in [-0.3, -0.25) is 9.59 Å². The molecule has 1 amide bonds. The van der Waals surface area contributed by atoms with Crippen LogP contribution in [0.5, 0.6) is 0 Å². The molecular formula is C33H30N4O2. The Labute approximate surface area is 227 Å². The fourth-order valence-electron chi connectivity index (χ4n) is 5.18. The number of amides is 1. The molecular weight excluding hydrogens is 484 g/mol. The van der Waals surface area contributed by atoms with Gasteiger partial charge in [-0.05, 0) is 71.5 Å². The van der Waals surface area contributed by atoms with Crippen molar-refractivity contribution in [1.82, 2.24) is 14.5 Å². The van der Waals surface area contributed by atoms with Crippen molar-refractivity contribution in [3.8, 4) is 0 Å². The molecule has 1 aliphatic rings. The summed E-state index contributed by atoms with van der Waals surface area (Å²) < 4.78 is 1.74. The zero-order valence-corrected chi connectivity index (χ0v) is 21.7. The number of nitrogens with one attached hydrogen (secondary N) is 1. The number of carbonyl (C=O) groups excluding carboxylic acids is 2. The molecule has 0 radical (unpaired) electrons. The standard InChI is InChI=1S/C33H30N4O2/c38-30(20-24-10-13-29(14-11-24)35-28-8-2-1-3-9-28)15-12-25-16-19-37-32(21-25)31(22-34-37)33(39)36-18-17-26-6-4-5-7-27(26)23-36/h1-11,13-14,16,19,21-22,35H,12,15,17-18,20,23H2. The van der Waals surface area contributed by atoms with E-state index in [2.05, 4.69) is 22.5 Å². The molecule has 6 rings (SSSR count). The molecule has 6 heteroatoms. The first-order chi connectivity index (χ1) is 19.1. The van der Waals surface area contributed by atoms with E-state index in [9.17, 15) is 9.59 Å². The van der Waals surface area contributed by atoms with Gasteiger partial charge in [-0.25, -0.2) is 4.52 Å². The lowest BCUT2D eigenvalue weighted by atomic mass is 9.99. The molecule has 0 spiro atoms. The lowest BCUT2D eigenvalue weighted by Gasteiger charge is -2.28. The highest BCUT2D eigenvalue weighted by molar-refractivity contribution is 6.00. The highest BCUT2D eigenvalue weighted by atomic mass is 16.2. The maximum Gasteiger partial charge on any atom is 0.258 e. The summed E-state index contributed by atoms with van der Waals surface area (Å²) in [4.78, 5) is 28.1. The van der Waals surface area contributed by atoms with Crippen LogP contribution in [0.15, 0.2) is 103 Å². The van der Waals surface area contributed by atoms with Crippen LogP contribution in [0.1, 0.15) is 39.0 Å². The van der Waals surface area contributed by atoms with E-state index in [0.29, 0.717) is 37.9 Å². The number of nitrogens with zero attached hydrogens (tertiary/aromatic N) is 3. The summed E-state index contributed by atoms with van der Waals surface area (Å²) in [5.74, 6) is 0.188. The molecule has 0 saturated carbocycles. The summed E-state index contributed by atoms with van der Waals surface area (Å²) in [7, 11) is 0. The topological polar surface area (TPSA) is 66.7 Å². The van der Waals surface area contributed by atoms with Crippen LogP contribution in [0.25, 0.3) is 5.52 Å². The van der Waals surface area contributed by atoms with Crippen molar-refractivity contribution >= 4 is 28.6 Å². The van der Waals surface area contributed by atoms with Gasteiger partial charge in [0, 0.05) is 43.5 Å². The zero-order chi connectivity index (χ0) is 26.6. The average molecular weight is 515 g/mol. The first kappa shape index (κ1) is 24.6. The van der Waals surface area contributed by atoms with Gasteiger partial charge in [-0.1, -0.05) is 54.6 Å². The van der Waals surface area contributed by atoms with E-state index in [4.69, 9.17) is 0 Å². The molecule has 0 aliphatic carbocycles. The lowest BCUT2D eigenvalue weighted by Crippen LogP contribution is -2.35. The number of Topliss-reactive ketones (excluding diaryl/α,β-unsaturated/α-hetero) is 1. The number of carbonyl (C=O) groups is 2. The molecule has 39 heavy (non-hydrogen) atoms. The molecule has 0 atom stereocenters. The summed E-state index contributed by atoms with van der Waals surface area (Å²) in [5, 5.41) is 7.76. The van der Waals surface area contributed by atoms with Crippen molar-refractivity contribution < 1.29 is 9.59 Å². The fourth-order valence-corrected chi connectivity index (χ4v) is 5.18. The number of pyridine rings is 1. The maximum atomic E-state index is 13.4. The fraction of sp³-hybridized carbons (Fsp3) is 0.182. The van der Waals surface area contributed by atoms with Gasteiger partial charge in [0.25, 0.3) is 5.91 Å². The predicted octanol–water partition coefficient (Wildman–Crippen LogP) is 6.02. The molecule has 0 unspecified atom stereocenters. The number of para-hydroxylation sites is 1. The Morgan fingerprint density at radius 3 is 2.38 bits per heavy atom. The van der Waals surface area contributed by atoms with E-state index in [0.717, 1.165) is 34.4 Å².